The van der Waals surface area contributed by atoms with Gasteiger partial charge in [-0.05, 0) is 31.0 Å². The molecule has 0 radical (unpaired) electrons. The van der Waals surface area contributed by atoms with Gasteiger partial charge in [-0.3, -0.25) is 4.79 Å². The summed E-state index contributed by atoms with van der Waals surface area (Å²) in [6, 6.07) is 4.93. The summed E-state index contributed by atoms with van der Waals surface area (Å²) >= 11 is 5.81. The number of benzene rings is 1. The molecule has 0 aliphatic carbocycles. The van der Waals surface area contributed by atoms with Crippen molar-refractivity contribution in [1.29, 1.82) is 0 Å². The lowest BCUT2D eigenvalue weighted by molar-refractivity contribution is 0.0794. The molecule has 0 atom stereocenters. The van der Waals surface area contributed by atoms with Crippen LogP contribution in [0.3, 0.4) is 0 Å². The van der Waals surface area contributed by atoms with Gasteiger partial charge in [0.25, 0.3) is 5.91 Å². The lowest BCUT2D eigenvalue weighted by Gasteiger charge is -2.17. The number of amides is 1. The van der Waals surface area contributed by atoms with E-state index in [0.29, 0.717) is 22.8 Å². The van der Waals surface area contributed by atoms with E-state index in [1.54, 1.807) is 30.1 Å². The zero-order valence-corrected chi connectivity index (χ0v) is 10.7. The molecule has 17 heavy (non-hydrogen) atoms. The predicted octanol–water partition coefficient (Wildman–Crippen LogP) is 2.96. The average molecular weight is 253 g/mol. The van der Waals surface area contributed by atoms with Crippen LogP contribution in [0.15, 0.2) is 30.9 Å². The lowest BCUT2D eigenvalue weighted by Crippen LogP contribution is -2.27. The summed E-state index contributed by atoms with van der Waals surface area (Å²) < 4.78 is 0. The third-order valence-corrected chi connectivity index (χ3v) is 2.84. The summed E-state index contributed by atoms with van der Waals surface area (Å²) in [4.78, 5) is 13.7. The smallest absolute Gasteiger partial charge is 0.253 e. The first-order valence-corrected chi connectivity index (χ1v) is 5.85. The van der Waals surface area contributed by atoms with Crippen molar-refractivity contribution in [2.24, 2.45) is 0 Å². The Balaban J connectivity index is 2.68. The monoisotopic (exact) mass is 252 g/mol. The van der Waals surface area contributed by atoms with Crippen LogP contribution in [0, 0.1) is 0 Å². The van der Waals surface area contributed by atoms with Crippen molar-refractivity contribution in [2.75, 3.05) is 19.3 Å². The van der Waals surface area contributed by atoms with E-state index >= 15 is 0 Å². The molecule has 1 aromatic rings. The minimum atomic E-state index is -0.0440. The Morgan fingerprint density at radius 3 is 2.88 bits per heavy atom. The Bertz CT molecular complexity index is 418. The van der Waals surface area contributed by atoms with Crippen molar-refractivity contribution in [1.82, 2.24) is 4.90 Å². The summed E-state index contributed by atoms with van der Waals surface area (Å²) in [6.45, 7) is 4.35. The normalized spacial score (nSPS) is 10.0. The third kappa shape index (κ3) is 3.79. The van der Waals surface area contributed by atoms with Crippen molar-refractivity contribution < 1.29 is 4.79 Å². The fraction of sp³-hybridized carbons (Fsp3) is 0.308. The third-order valence-electron chi connectivity index (χ3n) is 2.49. The molecular formula is C13H17ClN2O. The van der Waals surface area contributed by atoms with Crippen LogP contribution < -0.4 is 5.73 Å². The number of nitrogens with two attached hydrogens (primary N) is 1. The highest BCUT2D eigenvalue weighted by Gasteiger charge is 2.12. The van der Waals surface area contributed by atoms with E-state index in [0.717, 1.165) is 12.8 Å². The minimum absolute atomic E-state index is 0.0440. The number of anilines is 1. The van der Waals surface area contributed by atoms with Gasteiger partial charge in [0.15, 0.2) is 0 Å². The molecule has 0 aromatic heterocycles. The minimum Gasteiger partial charge on any atom is -0.398 e. The highest BCUT2D eigenvalue weighted by molar-refractivity contribution is 6.33. The van der Waals surface area contributed by atoms with Crippen molar-refractivity contribution in [3.8, 4) is 0 Å². The van der Waals surface area contributed by atoms with Gasteiger partial charge in [0.05, 0.1) is 10.7 Å². The Labute approximate surface area is 107 Å². The molecule has 0 fully saturated rings. The van der Waals surface area contributed by atoms with Crippen LogP contribution in [-0.2, 0) is 0 Å². The first kappa shape index (κ1) is 13.6. The Morgan fingerprint density at radius 2 is 2.29 bits per heavy atom. The van der Waals surface area contributed by atoms with Crippen LogP contribution in [0.2, 0.25) is 5.02 Å². The van der Waals surface area contributed by atoms with Gasteiger partial charge in [-0.2, -0.15) is 0 Å². The van der Waals surface area contributed by atoms with Gasteiger partial charge < -0.3 is 10.6 Å². The average Bonchev–Trinajstić information content (AvgIpc) is 2.32. The van der Waals surface area contributed by atoms with E-state index in [9.17, 15) is 4.79 Å². The van der Waals surface area contributed by atoms with Crippen LogP contribution in [0.4, 0.5) is 5.69 Å². The number of allylic oxidation sites excluding steroid dienone is 1. The quantitative estimate of drug-likeness (QED) is 0.498. The lowest BCUT2D eigenvalue weighted by atomic mass is 10.1. The second-order valence-corrected chi connectivity index (χ2v) is 4.30. The van der Waals surface area contributed by atoms with Crippen LogP contribution in [0.25, 0.3) is 0 Å². The number of hydrogen-bond acceptors (Lipinski definition) is 2. The molecule has 92 valence electrons. The fourth-order valence-corrected chi connectivity index (χ4v) is 1.59. The first-order chi connectivity index (χ1) is 8.06. The van der Waals surface area contributed by atoms with Gasteiger partial charge in [0, 0.05) is 19.2 Å². The largest absolute Gasteiger partial charge is 0.398 e. The highest BCUT2D eigenvalue weighted by Crippen LogP contribution is 2.20. The standard InChI is InChI=1S/C13H17ClN2O/c1-3-4-5-8-16(2)13(17)10-6-7-11(14)12(15)9-10/h3,6-7,9H,1,4-5,8,15H2,2H3. The summed E-state index contributed by atoms with van der Waals surface area (Å²) in [7, 11) is 1.77. The van der Waals surface area contributed by atoms with E-state index in [1.807, 2.05) is 6.08 Å². The van der Waals surface area contributed by atoms with Crippen molar-refractivity contribution in [3.05, 3.63) is 41.4 Å². The summed E-state index contributed by atoms with van der Waals surface area (Å²) in [5.41, 5.74) is 6.66. The van der Waals surface area contributed by atoms with Gasteiger partial charge >= 0.3 is 0 Å². The van der Waals surface area contributed by atoms with E-state index in [4.69, 9.17) is 17.3 Å². The first-order valence-electron chi connectivity index (χ1n) is 5.47. The number of unbranched alkanes of at least 4 members (excludes halogenated alkanes) is 1. The molecule has 0 bridgehead atoms. The molecule has 0 saturated heterocycles. The second-order valence-electron chi connectivity index (χ2n) is 3.89. The number of carbonyl (C=O) groups excluding carboxylic acids is 1. The topological polar surface area (TPSA) is 46.3 Å². The highest BCUT2D eigenvalue weighted by atomic mass is 35.5. The molecule has 0 heterocycles. The molecule has 0 unspecified atom stereocenters. The zero-order chi connectivity index (χ0) is 12.8. The zero-order valence-electron chi connectivity index (χ0n) is 9.95. The van der Waals surface area contributed by atoms with Crippen molar-refractivity contribution in [3.63, 3.8) is 0 Å². The SMILES string of the molecule is C=CCCCN(C)C(=O)c1ccc(Cl)c(N)c1. The maximum absolute atomic E-state index is 12.0. The van der Waals surface area contributed by atoms with Crippen molar-refractivity contribution >= 4 is 23.2 Å². The summed E-state index contributed by atoms with van der Waals surface area (Å²) in [5.74, 6) is -0.0440. The van der Waals surface area contributed by atoms with Gasteiger partial charge in [-0.25, -0.2) is 0 Å². The van der Waals surface area contributed by atoms with Crippen LogP contribution in [0.5, 0.6) is 0 Å². The van der Waals surface area contributed by atoms with E-state index in [-0.39, 0.29) is 5.91 Å². The van der Waals surface area contributed by atoms with Crippen molar-refractivity contribution in [2.45, 2.75) is 12.8 Å². The molecule has 1 aromatic carbocycles. The van der Waals surface area contributed by atoms with E-state index < -0.39 is 0 Å². The molecule has 4 heteroatoms. The molecule has 0 aliphatic heterocycles. The molecule has 3 nitrogen and oxygen atoms in total. The maximum atomic E-state index is 12.0. The number of nitrogen functional groups attached to an aromatic ring is 1. The van der Waals surface area contributed by atoms with Crippen LogP contribution in [-0.4, -0.2) is 24.4 Å². The number of hydrogen-bond donors (Lipinski definition) is 1. The van der Waals surface area contributed by atoms with Crippen LogP contribution in [0.1, 0.15) is 23.2 Å². The molecule has 1 amide bonds. The number of rotatable bonds is 5. The number of carbonyl (C=O) groups is 1. The van der Waals surface area contributed by atoms with E-state index in [2.05, 4.69) is 6.58 Å². The fourth-order valence-electron chi connectivity index (χ4n) is 1.47. The van der Waals surface area contributed by atoms with Gasteiger partial charge in [-0.15, -0.1) is 6.58 Å². The van der Waals surface area contributed by atoms with Gasteiger partial charge in [0.2, 0.25) is 0 Å². The van der Waals surface area contributed by atoms with E-state index in [1.165, 1.54) is 0 Å². The Morgan fingerprint density at radius 1 is 1.59 bits per heavy atom. The maximum Gasteiger partial charge on any atom is 0.253 e. The summed E-state index contributed by atoms with van der Waals surface area (Å²) in [6.07, 6.45) is 3.66. The molecule has 1 rings (SSSR count). The molecular weight excluding hydrogens is 236 g/mol. The Kier molecular flexibility index (Phi) is 5.04. The number of nitrogens with zero attached hydrogens (tertiary/aromatic N) is 1. The summed E-state index contributed by atoms with van der Waals surface area (Å²) in [5, 5.41) is 0.468. The molecule has 0 saturated carbocycles. The van der Waals surface area contributed by atoms with Crippen LogP contribution >= 0.6 is 11.6 Å². The number of halogens is 1. The molecule has 2 N–H and O–H groups in total. The van der Waals surface area contributed by atoms with Gasteiger partial charge in [-0.1, -0.05) is 17.7 Å². The van der Waals surface area contributed by atoms with Gasteiger partial charge in [0.1, 0.15) is 0 Å². The molecule has 0 spiro atoms. The molecule has 0 aliphatic rings. The predicted molar refractivity (Wildman–Crippen MR) is 72.3 cm³/mol. The second kappa shape index (κ2) is 6.30. The Hall–Kier alpha value is -1.48.